The first kappa shape index (κ1) is 11.5. The van der Waals surface area contributed by atoms with Gasteiger partial charge in [-0.1, -0.05) is 0 Å². The predicted molar refractivity (Wildman–Crippen MR) is 55.9 cm³/mol. The summed E-state index contributed by atoms with van der Waals surface area (Å²) in [6.07, 6.45) is 0. The van der Waals surface area contributed by atoms with E-state index in [1.165, 1.54) is 21.0 Å². The maximum Gasteiger partial charge on any atom is 0.147 e. The van der Waals surface area contributed by atoms with Gasteiger partial charge >= 0.3 is 0 Å². The second-order valence-corrected chi connectivity index (χ2v) is 4.35. The summed E-state index contributed by atoms with van der Waals surface area (Å²) >= 11 is 3.06. The van der Waals surface area contributed by atoms with Crippen LogP contribution in [0.2, 0.25) is 0 Å². The molecular weight excluding hydrogens is 251 g/mol. The Morgan fingerprint density at radius 1 is 1.43 bits per heavy atom. The molecule has 4 heteroatoms. The largest absolute Gasteiger partial charge is 0.496 e. The fraction of sp³-hybridized carbons (Fsp3) is 0.400. The second kappa shape index (κ2) is 3.87. The number of hydrogen-bond acceptors (Lipinski definition) is 2. The molecule has 0 unspecified atom stereocenters. The Morgan fingerprint density at radius 3 is 2.43 bits per heavy atom. The molecule has 0 aromatic heterocycles. The maximum absolute atomic E-state index is 13.7. The molecular formula is C10H12BrFO2. The zero-order valence-corrected chi connectivity index (χ0v) is 9.85. The molecule has 0 aliphatic carbocycles. The van der Waals surface area contributed by atoms with Crippen molar-refractivity contribution in [2.24, 2.45) is 0 Å². The SMILES string of the molecule is COc1ccc(Br)c(F)c1C(C)(C)O. The van der Waals surface area contributed by atoms with E-state index in [0.29, 0.717) is 10.2 Å². The first-order valence-electron chi connectivity index (χ1n) is 4.12. The van der Waals surface area contributed by atoms with Gasteiger partial charge in [0.2, 0.25) is 0 Å². The maximum atomic E-state index is 13.7. The lowest BCUT2D eigenvalue weighted by Crippen LogP contribution is -2.19. The summed E-state index contributed by atoms with van der Waals surface area (Å²) in [5.41, 5.74) is -1.10. The van der Waals surface area contributed by atoms with Gasteiger partial charge in [0, 0.05) is 0 Å². The average molecular weight is 263 g/mol. The summed E-state index contributed by atoms with van der Waals surface area (Å²) < 4.78 is 19.0. The van der Waals surface area contributed by atoms with Crippen LogP contribution in [0.5, 0.6) is 5.75 Å². The van der Waals surface area contributed by atoms with E-state index < -0.39 is 11.4 Å². The fourth-order valence-electron chi connectivity index (χ4n) is 1.27. The Bertz CT molecular complexity index is 345. The van der Waals surface area contributed by atoms with E-state index in [4.69, 9.17) is 4.74 Å². The van der Waals surface area contributed by atoms with Gasteiger partial charge in [0.1, 0.15) is 11.6 Å². The van der Waals surface area contributed by atoms with Gasteiger partial charge in [0.25, 0.3) is 0 Å². The van der Waals surface area contributed by atoms with Crippen molar-refractivity contribution < 1.29 is 14.2 Å². The van der Waals surface area contributed by atoms with Crippen LogP contribution in [0.3, 0.4) is 0 Å². The summed E-state index contributed by atoms with van der Waals surface area (Å²) in [4.78, 5) is 0. The molecule has 0 saturated carbocycles. The molecule has 14 heavy (non-hydrogen) atoms. The highest BCUT2D eigenvalue weighted by molar-refractivity contribution is 9.10. The molecule has 1 aromatic rings. The third-order valence-electron chi connectivity index (χ3n) is 1.89. The molecule has 0 heterocycles. The van der Waals surface area contributed by atoms with Gasteiger partial charge in [-0.2, -0.15) is 0 Å². The van der Waals surface area contributed by atoms with Crippen LogP contribution in [-0.2, 0) is 5.60 Å². The molecule has 1 aromatic carbocycles. The number of aliphatic hydroxyl groups is 1. The molecule has 0 saturated heterocycles. The molecule has 78 valence electrons. The van der Waals surface area contributed by atoms with E-state index in [2.05, 4.69) is 15.9 Å². The smallest absolute Gasteiger partial charge is 0.147 e. The topological polar surface area (TPSA) is 29.5 Å². The Labute approximate surface area is 90.8 Å². The van der Waals surface area contributed by atoms with Crippen LogP contribution in [0.1, 0.15) is 19.4 Å². The number of methoxy groups -OCH3 is 1. The fourth-order valence-corrected chi connectivity index (χ4v) is 1.60. The van der Waals surface area contributed by atoms with Gasteiger partial charge in [0.15, 0.2) is 0 Å². The molecule has 1 N–H and O–H groups in total. The molecule has 0 bridgehead atoms. The van der Waals surface area contributed by atoms with E-state index in [0.717, 1.165) is 0 Å². The van der Waals surface area contributed by atoms with Crippen LogP contribution in [-0.4, -0.2) is 12.2 Å². The lowest BCUT2D eigenvalue weighted by molar-refractivity contribution is 0.0713. The zero-order chi connectivity index (χ0) is 10.9. The molecule has 0 aliphatic rings. The van der Waals surface area contributed by atoms with Crippen LogP contribution < -0.4 is 4.74 Å². The summed E-state index contributed by atoms with van der Waals surface area (Å²) in [6, 6.07) is 3.16. The summed E-state index contributed by atoms with van der Waals surface area (Å²) in [7, 11) is 1.44. The van der Waals surface area contributed by atoms with Crippen LogP contribution >= 0.6 is 15.9 Å². The summed E-state index contributed by atoms with van der Waals surface area (Å²) in [6.45, 7) is 3.03. The van der Waals surface area contributed by atoms with Crippen LogP contribution in [0, 0.1) is 5.82 Å². The lowest BCUT2D eigenvalue weighted by atomic mass is 9.97. The van der Waals surface area contributed by atoms with E-state index in [1.807, 2.05) is 0 Å². The minimum Gasteiger partial charge on any atom is -0.496 e. The normalized spacial score (nSPS) is 11.6. The number of halogens is 2. The standard InChI is InChI=1S/C10H12BrFO2/c1-10(2,13)8-7(14-3)5-4-6(11)9(8)12/h4-5,13H,1-3H3. The predicted octanol–water partition coefficient (Wildman–Crippen LogP) is 2.82. The molecule has 0 radical (unpaired) electrons. The number of hydrogen-bond donors (Lipinski definition) is 1. The third-order valence-corrected chi connectivity index (χ3v) is 2.50. The van der Waals surface area contributed by atoms with Crippen molar-refractivity contribution in [3.63, 3.8) is 0 Å². The second-order valence-electron chi connectivity index (χ2n) is 3.50. The number of ether oxygens (including phenoxy) is 1. The molecule has 0 atom stereocenters. The van der Waals surface area contributed by atoms with E-state index in [1.54, 1.807) is 12.1 Å². The van der Waals surface area contributed by atoms with Gasteiger partial charge < -0.3 is 9.84 Å². The Kier molecular flexibility index (Phi) is 3.17. The monoisotopic (exact) mass is 262 g/mol. The minimum atomic E-state index is -1.26. The Morgan fingerprint density at radius 2 is 2.00 bits per heavy atom. The number of benzene rings is 1. The van der Waals surface area contributed by atoms with Gasteiger partial charge in [-0.3, -0.25) is 0 Å². The number of rotatable bonds is 2. The minimum absolute atomic E-state index is 0.161. The van der Waals surface area contributed by atoms with E-state index in [9.17, 15) is 9.50 Å². The van der Waals surface area contributed by atoms with Crippen molar-refractivity contribution in [2.45, 2.75) is 19.4 Å². The van der Waals surface area contributed by atoms with Crippen LogP contribution in [0.4, 0.5) is 4.39 Å². The quantitative estimate of drug-likeness (QED) is 0.889. The molecule has 0 aliphatic heterocycles. The van der Waals surface area contributed by atoms with Crippen molar-refractivity contribution in [1.29, 1.82) is 0 Å². The highest BCUT2D eigenvalue weighted by Crippen LogP contribution is 2.35. The van der Waals surface area contributed by atoms with Crippen molar-refractivity contribution in [3.8, 4) is 5.75 Å². The van der Waals surface area contributed by atoms with Crippen LogP contribution in [0.25, 0.3) is 0 Å². The van der Waals surface area contributed by atoms with Crippen LogP contribution in [0.15, 0.2) is 16.6 Å². The van der Waals surface area contributed by atoms with Gasteiger partial charge in [-0.25, -0.2) is 4.39 Å². The van der Waals surface area contributed by atoms with Gasteiger partial charge in [-0.05, 0) is 41.9 Å². The zero-order valence-electron chi connectivity index (χ0n) is 8.27. The van der Waals surface area contributed by atoms with E-state index in [-0.39, 0.29) is 5.56 Å². The first-order valence-corrected chi connectivity index (χ1v) is 4.92. The van der Waals surface area contributed by atoms with Gasteiger partial charge in [-0.15, -0.1) is 0 Å². The molecule has 0 spiro atoms. The average Bonchev–Trinajstić information content (AvgIpc) is 2.07. The van der Waals surface area contributed by atoms with E-state index >= 15 is 0 Å². The van der Waals surface area contributed by atoms with Crippen molar-refractivity contribution in [3.05, 3.63) is 28.0 Å². The van der Waals surface area contributed by atoms with Crippen molar-refractivity contribution >= 4 is 15.9 Å². The Hall–Kier alpha value is -0.610. The molecule has 2 nitrogen and oxygen atoms in total. The molecule has 1 rings (SSSR count). The third kappa shape index (κ3) is 2.07. The Balaban J connectivity index is 3.44. The van der Waals surface area contributed by atoms with Crippen molar-refractivity contribution in [1.82, 2.24) is 0 Å². The molecule has 0 fully saturated rings. The van der Waals surface area contributed by atoms with Gasteiger partial charge in [0.05, 0.1) is 22.7 Å². The summed E-state index contributed by atoms with van der Waals surface area (Å²) in [5.74, 6) is -0.143. The molecule has 0 amide bonds. The first-order chi connectivity index (χ1) is 6.38. The lowest BCUT2D eigenvalue weighted by Gasteiger charge is -2.21. The van der Waals surface area contributed by atoms with Crippen molar-refractivity contribution in [2.75, 3.05) is 7.11 Å². The highest BCUT2D eigenvalue weighted by Gasteiger charge is 2.26. The summed E-state index contributed by atoms with van der Waals surface area (Å²) in [5, 5.41) is 9.77. The highest BCUT2D eigenvalue weighted by atomic mass is 79.9.